The van der Waals surface area contributed by atoms with E-state index in [0.717, 1.165) is 0 Å². The minimum atomic E-state index is -2.82. The average molecular weight is 272 g/mol. The van der Waals surface area contributed by atoms with Crippen LogP contribution < -0.4 is 16.0 Å². The van der Waals surface area contributed by atoms with E-state index in [9.17, 15) is 18.4 Å². The third kappa shape index (κ3) is 5.27. The van der Waals surface area contributed by atoms with E-state index in [-0.39, 0.29) is 31.3 Å². The van der Waals surface area contributed by atoms with Crippen molar-refractivity contribution in [2.75, 3.05) is 20.1 Å². The van der Waals surface area contributed by atoms with Crippen LogP contribution >= 0.6 is 12.4 Å². The van der Waals surface area contributed by atoms with Crippen molar-refractivity contribution in [3.8, 4) is 0 Å². The normalized spacial score (nSPS) is 21.5. The molecular formula is C9H16ClF2N3O2. The molecule has 17 heavy (non-hydrogen) atoms. The van der Waals surface area contributed by atoms with Crippen LogP contribution in [-0.2, 0) is 9.59 Å². The number of halogens is 3. The van der Waals surface area contributed by atoms with Crippen LogP contribution in [0.3, 0.4) is 0 Å². The first kappa shape index (κ1) is 16.1. The van der Waals surface area contributed by atoms with Gasteiger partial charge in [0.2, 0.25) is 11.8 Å². The monoisotopic (exact) mass is 271 g/mol. The highest BCUT2D eigenvalue weighted by molar-refractivity contribution is 5.85. The molecule has 8 heteroatoms. The summed E-state index contributed by atoms with van der Waals surface area (Å²) < 4.78 is 25.5. The molecule has 0 bridgehead atoms. The molecule has 1 aliphatic rings. The molecule has 0 aromatic heterocycles. The van der Waals surface area contributed by atoms with Gasteiger partial charge in [-0.3, -0.25) is 14.9 Å². The first-order valence-electron chi connectivity index (χ1n) is 5.04. The highest BCUT2D eigenvalue weighted by Crippen LogP contribution is 2.24. The molecule has 1 aliphatic heterocycles. The van der Waals surface area contributed by atoms with Crippen molar-refractivity contribution in [3.05, 3.63) is 0 Å². The van der Waals surface area contributed by atoms with Crippen LogP contribution in [0.5, 0.6) is 0 Å². The maximum atomic E-state index is 12.8. The van der Waals surface area contributed by atoms with Crippen molar-refractivity contribution in [1.82, 2.24) is 16.0 Å². The van der Waals surface area contributed by atoms with Crippen molar-refractivity contribution < 1.29 is 18.4 Å². The van der Waals surface area contributed by atoms with E-state index >= 15 is 0 Å². The SMILES string of the molecule is CNC(=O)CCNC(=O)C1CC(F)(F)CN1.Cl. The molecule has 0 aliphatic carbocycles. The third-order valence-corrected chi connectivity index (χ3v) is 2.36. The Morgan fingerprint density at radius 3 is 2.59 bits per heavy atom. The fourth-order valence-corrected chi connectivity index (χ4v) is 1.45. The van der Waals surface area contributed by atoms with Gasteiger partial charge in [-0.2, -0.15) is 0 Å². The molecule has 1 heterocycles. The molecule has 100 valence electrons. The summed E-state index contributed by atoms with van der Waals surface area (Å²) in [6.45, 7) is -0.317. The zero-order chi connectivity index (χ0) is 12.2. The molecule has 0 aromatic rings. The van der Waals surface area contributed by atoms with Crippen LogP contribution in [0.2, 0.25) is 0 Å². The van der Waals surface area contributed by atoms with Crippen molar-refractivity contribution in [3.63, 3.8) is 0 Å². The van der Waals surface area contributed by atoms with Gasteiger partial charge >= 0.3 is 0 Å². The van der Waals surface area contributed by atoms with E-state index < -0.39 is 30.8 Å². The molecule has 0 radical (unpaired) electrons. The van der Waals surface area contributed by atoms with Gasteiger partial charge in [-0.15, -0.1) is 12.4 Å². The highest BCUT2D eigenvalue weighted by Gasteiger charge is 2.42. The number of carbonyl (C=O) groups excluding carboxylic acids is 2. The summed E-state index contributed by atoms with van der Waals surface area (Å²) in [5.74, 6) is -3.51. The summed E-state index contributed by atoms with van der Waals surface area (Å²) in [4.78, 5) is 22.2. The van der Waals surface area contributed by atoms with Crippen LogP contribution in [0.1, 0.15) is 12.8 Å². The molecule has 1 fully saturated rings. The zero-order valence-electron chi connectivity index (χ0n) is 9.39. The van der Waals surface area contributed by atoms with E-state index in [1.54, 1.807) is 0 Å². The van der Waals surface area contributed by atoms with Gasteiger partial charge in [0.25, 0.3) is 5.92 Å². The molecule has 3 N–H and O–H groups in total. The smallest absolute Gasteiger partial charge is 0.262 e. The van der Waals surface area contributed by atoms with Gasteiger partial charge in [-0.25, -0.2) is 8.78 Å². The summed E-state index contributed by atoms with van der Waals surface area (Å²) in [6, 6.07) is -0.861. The van der Waals surface area contributed by atoms with Gasteiger partial charge in [0.1, 0.15) is 0 Å². The second-order valence-electron chi connectivity index (χ2n) is 3.71. The molecule has 5 nitrogen and oxygen atoms in total. The van der Waals surface area contributed by atoms with Gasteiger partial charge < -0.3 is 10.6 Å². The number of amides is 2. The summed E-state index contributed by atoms with van der Waals surface area (Å²) in [5, 5.41) is 7.26. The number of nitrogens with one attached hydrogen (secondary N) is 3. The molecule has 1 rings (SSSR count). The summed E-state index contributed by atoms with van der Waals surface area (Å²) in [5.41, 5.74) is 0. The quantitative estimate of drug-likeness (QED) is 0.655. The van der Waals surface area contributed by atoms with Gasteiger partial charge in [-0.05, 0) is 0 Å². The van der Waals surface area contributed by atoms with Crippen molar-refractivity contribution in [2.24, 2.45) is 0 Å². The average Bonchev–Trinajstić information content (AvgIpc) is 2.58. The van der Waals surface area contributed by atoms with Gasteiger partial charge in [0, 0.05) is 26.4 Å². The molecule has 1 saturated heterocycles. The van der Waals surface area contributed by atoms with E-state index in [4.69, 9.17) is 0 Å². The largest absolute Gasteiger partial charge is 0.359 e. The van der Waals surface area contributed by atoms with Gasteiger partial charge in [0.05, 0.1) is 12.6 Å². The number of carbonyl (C=O) groups is 2. The Balaban J connectivity index is 0.00000256. The molecular weight excluding hydrogens is 256 g/mol. The topological polar surface area (TPSA) is 70.2 Å². The maximum absolute atomic E-state index is 12.8. The molecule has 1 atom stereocenters. The zero-order valence-corrected chi connectivity index (χ0v) is 10.2. The van der Waals surface area contributed by atoms with E-state index in [2.05, 4.69) is 16.0 Å². The molecule has 0 saturated carbocycles. The van der Waals surface area contributed by atoms with Gasteiger partial charge in [-0.1, -0.05) is 0 Å². The predicted molar refractivity (Wildman–Crippen MR) is 60.3 cm³/mol. The van der Waals surface area contributed by atoms with Crippen LogP contribution in [0, 0.1) is 0 Å². The van der Waals surface area contributed by atoms with Crippen LogP contribution in [-0.4, -0.2) is 43.9 Å². The predicted octanol–water partition coefficient (Wildman–Crippen LogP) is -0.342. The number of alkyl halides is 2. The fraction of sp³-hybridized carbons (Fsp3) is 0.778. The molecule has 1 unspecified atom stereocenters. The minimum Gasteiger partial charge on any atom is -0.359 e. The first-order valence-corrected chi connectivity index (χ1v) is 5.04. The molecule has 0 aromatic carbocycles. The number of hydrogen-bond donors (Lipinski definition) is 3. The Morgan fingerprint density at radius 1 is 1.47 bits per heavy atom. The van der Waals surface area contributed by atoms with E-state index in [1.807, 2.05) is 0 Å². The standard InChI is InChI=1S/C9H15F2N3O2.ClH/c1-12-7(15)2-3-13-8(16)6-4-9(10,11)5-14-6;/h6,14H,2-5H2,1H3,(H,12,15)(H,13,16);1H. The number of rotatable bonds is 4. The lowest BCUT2D eigenvalue weighted by atomic mass is 10.2. The lowest BCUT2D eigenvalue weighted by Gasteiger charge is -2.10. The fourth-order valence-electron chi connectivity index (χ4n) is 1.45. The van der Waals surface area contributed by atoms with Crippen molar-refractivity contribution in [1.29, 1.82) is 0 Å². The second kappa shape index (κ2) is 6.70. The Morgan fingerprint density at radius 2 is 2.12 bits per heavy atom. The first-order chi connectivity index (χ1) is 7.44. The molecule has 2 amide bonds. The minimum absolute atomic E-state index is 0. The Kier molecular flexibility index (Phi) is 6.33. The van der Waals surface area contributed by atoms with E-state index in [0.29, 0.717) is 0 Å². The Labute approximate surface area is 104 Å². The summed E-state index contributed by atoms with van der Waals surface area (Å²) in [6.07, 6.45) is -0.343. The maximum Gasteiger partial charge on any atom is 0.262 e. The lowest BCUT2D eigenvalue weighted by Crippen LogP contribution is -2.41. The van der Waals surface area contributed by atoms with E-state index in [1.165, 1.54) is 7.05 Å². The van der Waals surface area contributed by atoms with Gasteiger partial charge in [0.15, 0.2) is 0 Å². The Bertz CT molecular complexity index is 289. The van der Waals surface area contributed by atoms with Crippen molar-refractivity contribution >= 4 is 24.2 Å². The van der Waals surface area contributed by atoms with Crippen molar-refractivity contribution in [2.45, 2.75) is 24.8 Å². The van der Waals surface area contributed by atoms with Crippen LogP contribution in [0.25, 0.3) is 0 Å². The molecule has 0 spiro atoms. The number of hydrogen-bond acceptors (Lipinski definition) is 3. The van der Waals surface area contributed by atoms with Crippen LogP contribution in [0.15, 0.2) is 0 Å². The summed E-state index contributed by atoms with van der Waals surface area (Å²) in [7, 11) is 1.49. The lowest BCUT2D eigenvalue weighted by molar-refractivity contribution is -0.123. The third-order valence-electron chi connectivity index (χ3n) is 2.36. The summed E-state index contributed by atoms with van der Waals surface area (Å²) >= 11 is 0. The highest BCUT2D eigenvalue weighted by atomic mass is 35.5. The Hall–Kier alpha value is -0.950. The van der Waals surface area contributed by atoms with Crippen LogP contribution in [0.4, 0.5) is 8.78 Å². The second-order valence-corrected chi connectivity index (χ2v) is 3.71.